The number of halogens is 1. The van der Waals surface area contributed by atoms with Crippen molar-refractivity contribution in [2.24, 2.45) is 0 Å². The van der Waals surface area contributed by atoms with Crippen LogP contribution in [0, 0.1) is 0 Å². The van der Waals surface area contributed by atoms with Crippen LogP contribution in [0.3, 0.4) is 0 Å². The third kappa shape index (κ3) is 2.84. The highest BCUT2D eigenvalue weighted by Gasteiger charge is 2.24. The number of nitrogens with zero attached hydrogens (tertiary/aromatic N) is 2. The fourth-order valence-electron chi connectivity index (χ4n) is 1.74. The molecule has 1 amide bonds. The summed E-state index contributed by atoms with van der Waals surface area (Å²) >= 11 is 5.77. The number of amides is 1. The number of carbonyl (C=O) groups excluding carboxylic acids is 1. The number of carbonyl (C=O) groups is 1. The second kappa shape index (κ2) is 5.29. The van der Waals surface area contributed by atoms with Gasteiger partial charge in [0.2, 0.25) is 5.91 Å². The van der Waals surface area contributed by atoms with Crippen molar-refractivity contribution in [3.8, 4) is 0 Å². The maximum absolute atomic E-state index is 11.5. The first-order valence-corrected chi connectivity index (χ1v) is 5.73. The van der Waals surface area contributed by atoms with Crippen LogP contribution in [0.1, 0.15) is 11.8 Å². The number of pyridine rings is 1. The van der Waals surface area contributed by atoms with Gasteiger partial charge in [0.1, 0.15) is 6.10 Å². The molecule has 0 aromatic carbocycles. The molecule has 1 saturated heterocycles. The summed E-state index contributed by atoms with van der Waals surface area (Å²) in [6.45, 7) is 5.08. The van der Waals surface area contributed by atoms with E-state index in [4.69, 9.17) is 16.3 Å². The zero-order valence-corrected chi connectivity index (χ0v) is 10.1. The summed E-state index contributed by atoms with van der Waals surface area (Å²) in [6.07, 6.45) is 2.71. The van der Waals surface area contributed by atoms with Crippen LogP contribution in [0.25, 0.3) is 0 Å². The van der Waals surface area contributed by atoms with Crippen molar-refractivity contribution in [1.29, 1.82) is 0 Å². The molecule has 0 N–H and O–H groups in total. The monoisotopic (exact) mass is 252 g/mol. The SMILES string of the molecule is C=CC(=O)N1CCOC(c2ccc(Cl)cn2)C1. The quantitative estimate of drug-likeness (QED) is 0.754. The van der Waals surface area contributed by atoms with E-state index >= 15 is 0 Å². The number of aromatic nitrogens is 1. The largest absolute Gasteiger partial charge is 0.368 e. The Hall–Kier alpha value is -1.39. The van der Waals surface area contributed by atoms with Gasteiger partial charge in [-0.2, -0.15) is 0 Å². The highest BCUT2D eigenvalue weighted by Crippen LogP contribution is 2.21. The van der Waals surface area contributed by atoms with Gasteiger partial charge in [-0.25, -0.2) is 0 Å². The highest BCUT2D eigenvalue weighted by molar-refractivity contribution is 6.30. The van der Waals surface area contributed by atoms with Gasteiger partial charge in [-0.05, 0) is 18.2 Å². The molecule has 1 atom stereocenters. The Bertz CT molecular complexity index is 419. The van der Waals surface area contributed by atoms with Crippen molar-refractivity contribution in [3.63, 3.8) is 0 Å². The van der Waals surface area contributed by atoms with Crippen molar-refractivity contribution < 1.29 is 9.53 Å². The van der Waals surface area contributed by atoms with Gasteiger partial charge in [-0.3, -0.25) is 9.78 Å². The molecule has 0 bridgehead atoms. The van der Waals surface area contributed by atoms with Crippen LogP contribution in [0.4, 0.5) is 0 Å². The van der Waals surface area contributed by atoms with E-state index in [1.54, 1.807) is 17.2 Å². The Morgan fingerprint density at radius 3 is 3.12 bits per heavy atom. The molecule has 0 saturated carbocycles. The van der Waals surface area contributed by atoms with Crippen LogP contribution in [0.15, 0.2) is 31.0 Å². The van der Waals surface area contributed by atoms with Crippen molar-refractivity contribution in [3.05, 3.63) is 41.7 Å². The summed E-state index contributed by atoms with van der Waals surface area (Å²) in [5.74, 6) is -0.0766. The lowest BCUT2D eigenvalue weighted by atomic mass is 10.2. The zero-order chi connectivity index (χ0) is 12.3. The van der Waals surface area contributed by atoms with E-state index in [9.17, 15) is 4.79 Å². The number of rotatable bonds is 2. The second-order valence-corrected chi connectivity index (χ2v) is 4.19. The molecule has 1 aliphatic heterocycles. The molecule has 90 valence electrons. The molecule has 1 fully saturated rings. The van der Waals surface area contributed by atoms with Crippen LogP contribution in [0.5, 0.6) is 0 Å². The minimum atomic E-state index is -0.190. The minimum absolute atomic E-state index is 0.0766. The number of morpholine rings is 1. The second-order valence-electron chi connectivity index (χ2n) is 3.75. The van der Waals surface area contributed by atoms with E-state index in [1.807, 2.05) is 6.07 Å². The summed E-state index contributed by atoms with van der Waals surface area (Å²) in [5.41, 5.74) is 0.788. The molecular formula is C12H13ClN2O2. The number of hydrogen-bond donors (Lipinski definition) is 0. The third-order valence-corrected chi connectivity index (χ3v) is 2.86. The van der Waals surface area contributed by atoms with Gasteiger partial charge >= 0.3 is 0 Å². The Kier molecular flexibility index (Phi) is 3.76. The molecule has 1 aromatic rings. The van der Waals surface area contributed by atoms with Crippen LogP contribution in [-0.2, 0) is 9.53 Å². The van der Waals surface area contributed by atoms with E-state index in [-0.39, 0.29) is 12.0 Å². The molecule has 0 radical (unpaired) electrons. The Labute approximate surface area is 105 Å². The number of hydrogen-bond acceptors (Lipinski definition) is 3. The molecule has 0 spiro atoms. The summed E-state index contributed by atoms with van der Waals surface area (Å²) in [5, 5.41) is 0.587. The first-order chi connectivity index (χ1) is 8.20. The van der Waals surface area contributed by atoms with E-state index in [0.29, 0.717) is 24.7 Å². The predicted molar refractivity (Wildman–Crippen MR) is 64.7 cm³/mol. The molecule has 5 heteroatoms. The molecule has 1 aliphatic rings. The fraction of sp³-hybridized carbons (Fsp3) is 0.333. The Morgan fingerprint density at radius 1 is 1.65 bits per heavy atom. The van der Waals surface area contributed by atoms with Crippen LogP contribution < -0.4 is 0 Å². The topological polar surface area (TPSA) is 42.4 Å². The zero-order valence-electron chi connectivity index (χ0n) is 9.30. The van der Waals surface area contributed by atoms with Gasteiger partial charge in [-0.15, -0.1) is 0 Å². The summed E-state index contributed by atoms with van der Waals surface area (Å²) in [4.78, 5) is 17.4. The number of ether oxygens (including phenoxy) is 1. The van der Waals surface area contributed by atoms with Crippen LogP contribution in [-0.4, -0.2) is 35.5 Å². The molecule has 2 rings (SSSR count). The van der Waals surface area contributed by atoms with Gasteiger partial charge in [0.15, 0.2) is 0 Å². The Morgan fingerprint density at radius 2 is 2.47 bits per heavy atom. The lowest BCUT2D eigenvalue weighted by Gasteiger charge is -2.31. The Balaban J connectivity index is 2.09. The lowest BCUT2D eigenvalue weighted by molar-refractivity contribution is -0.133. The van der Waals surface area contributed by atoms with E-state index in [1.165, 1.54) is 6.08 Å². The van der Waals surface area contributed by atoms with Gasteiger partial charge in [0.05, 0.1) is 23.9 Å². The molecule has 0 aliphatic carbocycles. The predicted octanol–water partition coefficient (Wildman–Crippen LogP) is 1.82. The minimum Gasteiger partial charge on any atom is -0.368 e. The standard InChI is InChI=1S/C12H13ClN2O2/c1-2-12(16)15-5-6-17-11(8-15)10-4-3-9(13)7-14-10/h2-4,7,11H,1,5-6,8H2. The molecular weight excluding hydrogens is 240 g/mol. The van der Waals surface area contributed by atoms with Crippen LogP contribution >= 0.6 is 11.6 Å². The first kappa shape index (κ1) is 12.1. The third-order valence-electron chi connectivity index (χ3n) is 2.63. The average Bonchev–Trinajstić information content (AvgIpc) is 2.39. The van der Waals surface area contributed by atoms with Gasteiger partial charge < -0.3 is 9.64 Å². The lowest BCUT2D eigenvalue weighted by Crippen LogP contribution is -2.41. The molecule has 17 heavy (non-hydrogen) atoms. The maximum atomic E-state index is 11.5. The maximum Gasteiger partial charge on any atom is 0.246 e. The summed E-state index contributed by atoms with van der Waals surface area (Å²) in [6, 6.07) is 3.58. The average molecular weight is 253 g/mol. The molecule has 4 nitrogen and oxygen atoms in total. The first-order valence-electron chi connectivity index (χ1n) is 5.35. The summed E-state index contributed by atoms with van der Waals surface area (Å²) < 4.78 is 5.60. The van der Waals surface area contributed by atoms with Crippen molar-refractivity contribution >= 4 is 17.5 Å². The molecule has 1 unspecified atom stereocenters. The van der Waals surface area contributed by atoms with Crippen molar-refractivity contribution in [2.75, 3.05) is 19.7 Å². The van der Waals surface area contributed by atoms with Gasteiger partial charge in [-0.1, -0.05) is 18.2 Å². The van der Waals surface area contributed by atoms with E-state index < -0.39 is 0 Å². The smallest absolute Gasteiger partial charge is 0.246 e. The molecule has 1 aromatic heterocycles. The van der Waals surface area contributed by atoms with Crippen molar-refractivity contribution in [1.82, 2.24) is 9.88 Å². The van der Waals surface area contributed by atoms with Crippen LogP contribution in [0.2, 0.25) is 5.02 Å². The highest BCUT2D eigenvalue weighted by atomic mass is 35.5. The van der Waals surface area contributed by atoms with E-state index in [2.05, 4.69) is 11.6 Å². The fourth-order valence-corrected chi connectivity index (χ4v) is 1.85. The van der Waals surface area contributed by atoms with Gasteiger partial charge in [0.25, 0.3) is 0 Å². The normalized spacial score (nSPS) is 20.1. The van der Waals surface area contributed by atoms with Gasteiger partial charge in [0, 0.05) is 12.7 Å². The molecule has 2 heterocycles. The van der Waals surface area contributed by atoms with Crippen molar-refractivity contribution in [2.45, 2.75) is 6.10 Å². The van der Waals surface area contributed by atoms with E-state index in [0.717, 1.165) is 5.69 Å². The summed E-state index contributed by atoms with van der Waals surface area (Å²) in [7, 11) is 0.